The molecule has 0 heterocycles. The number of ether oxygens (including phenoxy) is 1. The summed E-state index contributed by atoms with van der Waals surface area (Å²) in [5.41, 5.74) is 5.64. The normalized spacial score (nSPS) is 10.0. The number of nitriles is 1. The van der Waals surface area contributed by atoms with E-state index in [9.17, 15) is 13.2 Å². The molecular formula is C11H7F3N2O. The SMILES string of the molecule is N#CCC#Cc1ccc(OC(F)(F)F)c(N)c1. The van der Waals surface area contributed by atoms with Crippen molar-refractivity contribution in [2.75, 3.05) is 5.73 Å². The van der Waals surface area contributed by atoms with Gasteiger partial charge in [0.1, 0.15) is 0 Å². The quantitative estimate of drug-likeness (QED) is 0.605. The molecule has 0 atom stereocenters. The van der Waals surface area contributed by atoms with Crippen molar-refractivity contribution in [3.05, 3.63) is 23.8 Å². The van der Waals surface area contributed by atoms with Crippen LogP contribution in [-0.2, 0) is 0 Å². The van der Waals surface area contributed by atoms with E-state index in [-0.39, 0.29) is 12.1 Å². The summed E-state index contributed by atoms with van der Waals surface area (Å²) in [6.45, 7) is 0. The molecule has 0 spiro atoms. The molecule has 17 heavy (non-hydrogen) atoms. The highest BCUT2D eigenvalue weighted by Gasteiger charge is 2.31. The summed E-state index contributed by atoms with van der Waals surface area (Å²) in [4.78, 5) is 0. The third-order valence-electron chi connectivity index (χ3n) is 1.64. The number of anilines is 1. The lowest BCUT2D eigenvalue weighted by Gasteiger charge is -2.10. The highest BCUT2D eigenvalue weighted by molar-refractivity contribution is 5.57. The molecule has 1 rings (SSSR count). The number of nitrogens with two attached hydrogens (primary N) is 1. The Morgan fingerprint density at radius 1 is 1.35 bits per heavy atom. The number of rotatable bonds is 1. The Hall–Kier alpha value is -2.34. The number of benzene rings is 1. The molecule has 0 aromatic heterocycles. The molecule has 0 saturated carbocycles. The minimum absolute atomic E-state index is 0.0424. The highest BCUT2D eigenvalue weighted by atomic mass is 19.4. The molecule has 88 valence electrons. The average Bonchev–Trinajstić information content (AvgIpc) is 2.21. The molecule has 1 aromatic rings. The summed E-state index contributed by atoms with van der Waals surface area (Å²) in [6, 6.07) is 5.49. The Kier molecular flexibility index (Phi) is 3.84. The number of hydrogen-bond acceptors (Lipinski definition) is 3. The zero-order valence-corrected chi connectivity index (χ0v) is 8.51. The first kappa shape index (κ1) is 12.7. The van der Waals surface area contributed by atoms with E-state index in [2.05, 4.69) is 16.6 Å². The van der Waals surface area contributed by atoms with E-state index in [4.69, 9.17) is 11.0 Å². The Morgan fingerprint density at radius 3 is 2.59 bits per heavy atom. The van der Waals surface area contributed by atoms with Crippen molar-refractivity contribution in [2.24, 2.45) is 0 Å². The molecular weight excluding hydrogens is 233 g/mol. The van der Waals surface area contributed by atoms with Crippen LogP contribution in [0.5, 0.6) is 5.75 Å². The minimum atomic E-state index is -4.78. The summed E-state index contributed by atoms with van der Waals surface area (Å²) in [5.74, 6) is 4.63. The van der Waals surface area contributed by atoms with Crippen LogP contribution >= 0.6 is 0 Å². The minimum Gasteiger partial charge on any atom is -0.404 e. The second-order valence-electron chi connectivity index (χ2n) is 2.94. The van der Waals surface area contributed by atoms with E-state index in [1.165, 1.54) is 12.1 Å². The van der Waals surface area contributed by atoms with Gasteiger partial charge >= 0.3 is 6.36 Å². The first-order valence-corrected chi connectivity index (χ1v) is 4.43. The van der Waals surface area contributed by atoms with E-state index in [0.29, 0.717) is 5.56 Å². The van der Waals surface area contributed by atoms with Gasteiger partial charge in [-0.1, -0.05) is 11.8 Å². The van der Waals surface area contributed by atoms with Gasteiger partial charge < -0.3 is 10.5 Å². The van der Waals surface area contributed by atoms with Gasteiger partial charge in [-0.15, -0.1) is 13.2 Å². The highest BCUT2D eigenvalue weighted by Crippen LogP contribution is 2.28. The van der Waals surface area contributed by atoms with Gasteiger partial charge in [-0.3, -0.25) is 0 Å². The monoisotopic (exact) mass is 240 g/mol. The van der Waals surface area contributed by atoms with Crippen molar-refractivity contribution in [3.8, 4) is 23.7 Å². The Bertz CT molecular complexity index is 506. The van der Waals surface area contributed by atoms with Crippen LogP contribution in [0, 0.1) is 23.2 Å². The fraction of sp³-hybridized carbons (Fsp3) is 0.182. The predicted octanol–water partition coefficient (Wildman–Crippen LogP) is 2.43. The second-order valence-corrected chi connectivity index (χ2v) is 2.94. The second kappa shape index (κ2) is 5.13. The topological polar surface area (TPSA) is 59.0 Å². The Balaban J connectivity index is 2.89. The molecule has 0 saturated heterocycles. The molecule has 0 unspecified atom stereocenters. The van der Waals surface area contributed by atoms with Gasteiger partial charge in [0.25, 0.3) is 0 Å². The first-order valence-electron chi connectivity index (χ1n) is 4.43. The predicted molar refractivity (Wildman–Crippen MR) is 54.6 cm³/mol. The van der Waals surface area contributed by atoms with Crippen molar-refractivity contribution < 1.29 is 17.9 Å². The van der Waals surface area contributed by atoms with Crippen LogP contribution in [0.25, 0.3) is 0 Å². The fourth-order valence-electron chi connectivity index (χ4n) is 1.03. The molecule has 0 radical (unpaired) electrons. The van der Waals surface area contributed by atoms with Crippen LogP contribution in [0.1, 0.15) is 12.0 Å². The number of halogens is 3. The summed E-state index contributed by atoms with van der Waals surface area (Å²) >= 11 is 0. The molecule has 0 fully saturated rings. The molecule has 0 bridgehead atoms. The van der Waals surface area contributed by atoms with Crippen molar-refractivity contribution in [3.63, 3.8) is 0 Å². The van der Waals surface area contributed by atoms with E-state index >= 15 is 0 Å². The van der Waals surface area contributed by atoms with Crippen molar-refractivity contribution in [1.82, 2.24) is 0 Å². The van der Waals surface area contributed by atoms with Crippen molar-refractivity contribution >= 4 is 5.69 Å². The van der Waals surface area contributed by atoms with Crippen LogP contribution in [-0.4, -0.2) is 6.36 Å². The summed E-state index contributed by atoms with van der Waals surface area (Å²) in [6.07, 6.45) is -4.73. The van der Waals surface area contributed by atoms with Gasteiger partial charge in [0, 0.05) is 5.56 Å². The van der Waals surface area contributed by atoms with Gasteiger partial charge in [-0.2, -0.15) is 5.26 Å². The van der Waals surface area contributed by atoms with E-state index in [1.807, 2.05) is 6.07 Å². The number of alkyl halides is 3. The van der Waals surface area contributed by atoms with Gasteiger partial charge in [-0.05, 0) is 18.2 Å². The lowest BCUT2D eigenvalue weighted by Crippen LogP contribution is -2.18. The van der Waals surface area contributed by atoms with E-state index in [0.717, 1.165) is 6.07 Å². The number of nitrogen functional groups attached to an aromatic ring is 1. The number of nitrogens with zero attached hydrogens (tertiary/aromatic N) is 1. The van der Waals surface area contributed by atoms with Gasteiger partial charge in [0.05, 0.1) is 18.2 Å². The summed E-state index contributed by atoms with van der Waals surface area (Å²) in [7, 11) is 0. The maximum atomic E-state index is 11.9. The summed E-state index contributed by atoms with van der Waals surface area (Å²) in [5, 5.41) is 8.25. The molecule has 2 N–H and O–H groups in total. The lowest BCUT2D eigenvalue weighted by atomic mass is 10.2. The maximum absolute atomic E-state index is 11.9. The van der Waals surface area contributed by atoms with Gasteiger partial charge in [0.15, 0.2) is 5.75 Å². The van der Waals surface area contributed by atoms with Crippen LogP contribution in [0.15, 0.2) is 18.2 Å². The van der Waals surface area contributed by atoms with Crippen LogP contribution < -0.4 is 10.5 Å². The number of hydrogen-bond donors (Lipinski definition) is 1. The lowest BCUT2D eigenvalue weighted by molar-refractivity contribution is -0.274. The van der Waals surface area contributed by atoms with Crippen molar-refractivity contribution in [1.29, 1.82) is 5.26 Å². The van der Waals surface area contributed by atoms with E-state index in [1.54, 1.807) is 0 Å². The van der Waals surface area contributed by atoms with Crippen molar-refractivity contribution in [2.45, 2.75) is 12.8 Å². The molecule has 6 heteroatoms. The van der Waals surface area contributed by atoms with Gasteiger partial charge in [0.2, 0.25) is 0 Å². The largest absolute Gasteiger partial charge is 0.573 e. The first-order chi connectivity index (χ1) is 7.92. The van der Waals surface area contributed by atoms with Crippen LogP contribution in [0.4, 0.5) is 18.9 Å². The zero-order valence-electron chi connectivity index (χ0n) is 8.51. The standard InChI is InChI=1S/C11H7F3N2O/c12-11(13,14)17-10-5-4-8(7-9(10)16)3-1-2-6-15/h4-5,7H,2,16H2. The fourth-order valence-corrected chi connectivity index (χ4v) is 1.03. The molecule has 0 aliphatic carbocycles. The third-order valence-corrected chi connectivity index (χ3v) is 1.64. The zero-order chi connectivity index (χ0) is 12.9. The third kappa shape index (κ3) is 4.35. The van der Waals surface area contributed by atoms with E-state index < -0.39 is 12.1 Å². The maximum Gasteiger partial charge on any atom is 0.573 e. The molecule has 0 amide bonds. The smallest absolute Gasteiger partial charge is 0.404 e. The molecule has 0 aliphatic heterocycles. The van der Waals surface area contributed by atoms with Gasteiger partial charge in [-0.25, -0.2) is 0 Å². The Morgan fingerprint density at radius 2 is 2.06 bits per heavy atom. The average molecular weight is 240 g/mol. The Labute approximate surface area is 95.6 Å². The molecule has 0 aliphatic rings. The summed E-state index contributed by atoms with van der Waals surface area (Å²) < 4.78 is 39.5. The molecule has 1 aromatic carbocycles. The van der Waals surface area contributed by atoms with Crippen LogP contribution in [0.3, 0.4) is 0 Å². The molecule has 3 nitrogen and oxygen atoms in total. The van der Waals surface area contributed by atoms with Crippen LogP contribution in [0.2, 0.25) is 0 Å².